The molecule has 1 aromatic heterocycles. The second-order valence-corrected chi connectivity index (χ2v) is 5.49. The summed E-state index contributed by atoms with van der Waals surface area (Å²) in [7, 11) is 0. The average molecular weight is 277 g/mol. The van der Waals surface area contributed by atoms with E-state index in [1.165, 1.54) is 18.4 Å². The highest BCUT2D eigenvalue weighted by Crippen LogP contribution is 2.41. The molecule has 0 radical (unpaired) electrons. The second-order valence-electron chi connectivity index (χ2n) is 5.49. The Balaban J connectivity index is 2.46. The van der Waals surface area contributed by atoms with Gasteiger partial charge in [0.15, 0.2) is 5.82 Å². The maximum atomic E-state index is 6.10. The average Bonchev–Trinajstić information content (AvgIpc) is 2.91. The molecule has 4 nitrogen and oxygen atoms in total. The van der Waals surface area contributed by atoms with Crippen LogP contribution in [0, 0.1) is 6.92 Å². The fourth-order valence-electron chi connectivity index (χ4n) is 3.11. The molecule has 20 heavy (non-hydrogen) atoms. The third kappa shape index (κ3) is 2.80. The molecule has 1 aromatic rings. The lowest BCUT2D eigenvalue weighted by molar-refractivity contribution is -0.0457. The van der Waals surface area contributed by atoms with E-state index in [2.05, 4.69) is 33.0 Å². The van der Waals surface area contributed by atoms with E-state index in [-0.39, 0.29) is 5.60 Å². The first-order chi connectivity index (χ1) is 9.66. The Hall–Kier alpha value is -1.16. The number of hydrogen-bond acceptors (Lipinski definition) is 4. The van der Waals surface area contributed by atoms with Gasteiger partial charge in [-0.3, -0.25) is 0 Å². The highest BCUT2D eigenvalue weighted by molar-refractivity contribution is 5.46. The molecular formula is C16H27N3O. The first kappa shape index (κ1) is 15.2. The molecule has 0 spiro atoms. The van der Waals surface area contributed by atoms with Crippen molar-refractivity contribution in [2.24, 2.45) is 0 Å². The lowest BCUT2D eigenvalue weighted by Crippen LogP contribution is -2.30. The second kappa shape index (κ2) is 6.53. The number of aromatic nitrogens is 2. The van der Waals surface area contributed by atoms with E-state index in [0.717, 1.165) is 49.8 Å². The number of ether oxygens (including phenoxy) is 1. The summed E-state index contributed by atoms with van der Waals surface area (Å²) < 4.78 is 6.10. The minimum absolute atomic E-state index is 0.253. The summed E-state index contributed by atoms with van der Waals surface area (Å²) in [5, 5.41) is 3.37. The molecule has 1 saturated carbocycles. The Morgan fingerprint density at radius 1 is 1.15 bits per heavy atom. The van der Waals surface area contributed by atoms with Crippen LogP contribution in [0.2, 0.25) is 0 Å². The summed E-state index contributed by atoms with van der Waals surface area (Å²) in [6.45, 7) is 10.00. The molecule has 0 aromatic carbocycles. The monoisotopic (exact) mass is 277 g/mol. The van der Waals surface area contributed by atoms with Crippen molar-refractivity contribution in [2.45, 2.75) is 65.4 Å². The van der Waals surface area contributed by atoms with Gasteiger partial charge < -0.3 is 10.1 Å². The molecule has 1 N–H and O–H groups in total. The Kier molecular flexibility index (Phi) is 4.97. The van der Waals surface area contributed by atoms with Gasteiger partial charge in [0, 0.05) is 24.4 Å². The standard InChI is InChI=1S/C16H27N3O/c1-5-13-12(4)14(17-6-2)19-15(18-13)16(20-7-3)10-8-9-11-16/h5-11H2,1-4H3,(H,17,18,19). The number of hydrogen-bond donors (Lipinski definition) is 1. The van der Waals surface area contributed by atoms with E-state index >= 15 is 0 Å². The van der Waals surface area contributed by atoms with Gasteiger partial charge >= 0.3 is 0 Å². The van der Waals surface area contributed by atoms with E-state index < -0.39 is 0 Å². The van der Waals surface area contributed by atoms with Crippen LogP contribution in [-0.4, -0.2) is 23.1 Å². The van der Waals surface area contributed by atoms with Crippen molar-refractivity contribution >= 4 is 5.82 Å². The molecule has 0 bridgehead atoms. The van der Waals surface area contributed by atoms with Gasteiger partial charge in [-0.25, -0.2) is 9.97 Å². The van der Waals surface area contributed by atoms with Crippen LogP contribution < -0.4 is 5.32 Å². The smallest absolute Gasteiger partial charge is 0.162 e. The SMILES string of the molecule is CCNc1nc(C2(OCC)CCCC2)nc(CC)c1C. The van der Waals surface area contributed by atoms with Gasteiger partial charge in [-0.2, -0.15) is 0 Å². The summed E-state index contributed by atoms with van der Waals surface area (Å²) in [5.74, 6) is 1.86. The minimum Gasteiger partial charge on any atom is -0.370 e. The molecule has 0 amide bonds. The summed E-state index contributed by atoms with van der Waals surface area (Å²) in [6, 6.07) is 0. The van der Waals surface area contributed by atoms with E-state index in [1.54, 1.807) is 0 Å². The maximum absolute atomic E-state index is 6.10. The molecule has 1 fully saturated rings. The van der Waals surface area contributed by atoms with Gasteiger partial charge in [0.2, 0.25) is 0 Å². The normalized spacial score (nSPS) is 17.4. The van der Waals surface area contributed by atoms with E-state index in [9.17, 15) is 0 Å². The fourth-order valence-corrected chi connectivity index (χ4v) is 3.11. The predicted octanol–water partition coefficient (Wildman–Crippen LogP) is 3.59. The van der Waals surface area contributed by atoms with Gasteiger partial charge in [0.1, 0.15) is 11.4 Å². The van der Waals surface area contributed by atoms with Crippen LogP contribution in [0.1, 0.15) is 63.5 Å². The van der Waals surface area contributed by atoms with Gasteiger partial charge in [0.25, 0.3) is 0 Å². The van der Waals surface area contributed by atoms with Crippen LogP contribution >= 0.6 is 0 Å². The zero-order chi connectivity index (χ0) is 14.6. The number of anilines is 1. The minimum atomic E-state index is -0.253. The summed E-state index contributed by atoms with van der Waals surface area (Å²) >= 11 is 0. The van der Waals surface area contributed by atoms with Crippen LogP contribution in [0.25, 0.3) is 0 Å². The zero-order valence-corrected chi connectivity index (χ0v) is 13.3. The van der Waals surface area contributed by atoms with Crippen molar-refractivity contribution in [3.8, 4) is 0 Å². The van der Waals surface area contributed by atoms with Crippen LogP contribution in [0.4, 0.5) is 5.82 Å². The van der Waals surface area contributed by atoms with Crippen molar-refractivity contribution < 1.29 is 4.74 Å². The Labute approximate surface area is 122 Å². The van der Waals surface area contributed by atoms with Crippen molar-refractivity contribution in [1.29, 1.82) is 0 Å². The lowest BCUT2D eigenvalue weighted by Gasteiger charge is -2.28. The largest absolute Gasteiger partial charge is 0.370 e. The van der Waals surface area contributed by atoms with Crippen LogP contribution in [0.15, 0.2) is 0 Å². The molecular weight excluding hydrogens is 250 g/mol. The molecule has 0 aliphatic heterocycles. The van der Waals surface area contributed by atoms with Crippen molar-refractivity contribution in [2.75, 3.05) is 18.5 Å². The molecule has 0 atom stereocenters. The summed E-state index contributed by atoms with van der Waals surface area (Å²) in [5.41, 5.74) is 2.05. The third-order valence-electron chi connectivity index (χ3n) is 4.17. The molecule has 2 rings (SSSR count). The quantitative estimate of drug-likeness (QED) is 0.863. The molecule has 112 valence electrons. The van der Waals surface area contributed by atoms with E-state index in [4.69, 9.17) is 14.7 Å². The lowest BCUT2D eigenvalue weighted by atomic mass is 10.00. The highest BCUT2D eigenvalue weighted by atomic mass is 16.5. The number of rotatable bonds is 6. The van der Waals surface area contributed by atoms with E-state index in [1.807, 2.05) is 0 Å². The topological polar surface area (TPSA) is 47.0 Å². The molecule has 1 aliphatic carbocycles. The molecule has 0 saturated heterocycles. The molecule has 0 unspecified atom stereocenters. The van der Waals surface area contributed by atoms with Gasteiger partial charge in [-0.15, -0.1) is 0 Å². The highest BCUT2D eigenvalue weighted by Gasteiger charge is 2.39. The van der Waals surface area contributed by atoms with Gasteiger partial charge in [-0.1, -0.05) is 6.92 Å². The third-order valence-corrected chi connectivity index (χ3v) is 4.17. The zero-order valence-electron chi connectivity index (χ0n) is 13.3. The fraction of sp³-hybridized carbons (Fsp3) is 0.750. The van der Waals surface area contributed by atoms with Crippen molar-refractivity contribution in [3.63, 3.8) is 0 Å². The molecule has 4 heteroatoms. The van der Waals surface area contributed by atoms with Crippen LogP contribution in [-0.2, 0) is 16.8 Å². The maximum Gasteiger partial charge on any atom is 0.162 e. The number of nitrogens with zero attached hydrogens (tertiary/aromatic N) is 2. The van der Waals surface area contributed by atoms with Gasteiger partial charge in [0.05, 0.1) is 0 Å². The first-order valence-corrected chi connectivity index (χ1v) is 7.92. The molecule has 1 heterocycles. The Morgan fingerprint density at radius 2 is 1.85 bits per heavy atom. The van der Waals surface area contributed by atoms with Crippen LogP contribution in [0.5, 0.6) is 0 Å². The first-order valence-electron chi connectivity index (χ1n) is 7.92. The number of aryl methyl sites for hydroxylation is 1. The van der Waals surface area contributed by atoms with Crippen molar-refractivity contribution in [3.05, 3.63) is 17.1 Å². The summed E-state index contributed by atoms with van der Waals surface area (Å²) in [6.07, 6.45) is 5.42. The molecule has 1 aliphatic rings. The Morgan fingerprint density at radius 3 is 2.40 bits per heavy atom. The van der Waals surface area contributed by atoms with Crippen LogP contribution in [0.3, 0.4) is 0 Å². The van der Waals surface area contributed by atoms with Gasteiger partial charge in [-0.05, 0) is 52.9 Å². The Bertz CT molecular complexity index is 453. The predicted molar refractivity (Wildman–Crippen MR) is 82.1 cm³/mol. The number of nitrogens with one attached hydrogen (secondary N) is 1. The van der Waals surface area contributed by atoms with E-state index in [0.29, 0.717) is 0 Å². The van der Waals surface area contributed by atoms with Crippen molar-refractivity contribution in [1.82, 2.24) is 9.97 Å². The summed E-state index contributed by atoms with van der Waals surface area (Å²) in [4.78, 5) is 9.63.